The fourth-order valence-electron chi connectivity index (χ4n) is 3.83. The molecule has 2 aliphatic heterocycles. The Bertz CT molecular complexity index is 780. The van der Waals surface area contributed by atoms with E-state index in [-0.39, 0.29) is 30.4 Å². The van der Waals surface area contributed by atoms with E-state index in [1.807, 2.05) is 29.2 Å². The Balaban J connectivity index is 0.00000225. The number of rotatable bonds is 4. The maximum atomic E-state index is 12.5. The molecule has 4 rings (SSSR count). The Morgan fingerprint density at radius 2 is 1.93 bits per heavy atom. The summed E-state index contributed by atoms with van der Waals surface area (Å²) in [6, 6.07) is 8.17. The highest BCUT2D eigenvalue weighted by atomic mass is 35.5. The van der Waals surface area contributed by atoms with E-state index in [4.69, 9.17) is 4.52 Å². The predicted molar refractivity (Wildman–Crippen MR) is 109 cm³/mol. The Morgan fingerprint density at radius 3 is 2.57 bits per heavy atom. The second kappa shape index (κ2) is 9.03. The van der Waals surface area contributed by atoms with Crippen LogP contribution < -0.4 is 5.32 Å². The number of benzene rings is 1. The molecule has 0 radical (unpaired) electrons. The summed E-state index contributed by atoms with van der Waals surface area (Å²) in [6.07, 6.45) is 2.05. The Labute approximate surface area is 171 Å². The van der Waals surface area contributed by atoms with Crippen LogP contribution in [0.1, 0.15) is 37.3 Å². The van der Waals surface area contributed by atoms with Crippen LogP contribution in [0, 0.1) is 6.92 Å². The molecule has 2 aromatic rings. The lowest BCUT2D eigenvalue weighted by molar-refractivity contribution is -0.135. The topological polar surface area (TPSA) is 74.5 Å². The lowest BCUT2D eigenvalue weighted by Crippen LogP contribution is -2.53. The first-order chi connectivity index (χ1) is 13.1. The maximum absolute atomic E-state index is 12.5. The summed E-state index contributed by atoms with van der Waals surface area (Å²) in [5, 5.41) is 7.44. The third-order valence-corrected chi connectivity index (χ3v) is 5.64. The van der Waals surface area contributed by atoms with Crippen molar-refractivity contribution >= 4 is 18.3 Å². The van der Waals surface area contributed by atoms with Crippen LogP contribution in [0.5, 0.6) is 0 Å². The molecule has 2 atom stereocenters. The number of nitrogens with one attached hydrogen (secondary N) is 1. The lowest BCUT2D eigenvalue weighted by atomic mass is 10.1. The van der Waals surface area contributed by atoms with E-state index in [1.165, 1.54) is 5.56 Å². The smallest absolute Gasteiger partial charge is 0.244 e. The largest absolute Gasteiger partial charge is 0.339 e. The van der Waals surface area contributed by atoms with Gasteiger partial charge in [-0.05, 0) is 33.2 Å². The molecule has 2 unspecified atom stereocenters. The van der Waals surface area contributed by atoms with Crippen molar-refractivity contribution in [3.8, 4) is 11.4 Å². The van der Waals surface area contributed by atoms with Crippen molar-refractivity contribution in [2.75, 3.05) is 32.7 Å². The van der Waals surface area contributed by atoms with Gasteiger partial charge >= 0.3 is 0 Å². The first kappa shape index (κ1) is 20.8. The zero-order valence-corrected chi connectivity index (χ0v) is 17.2. The number of piperazine rings is 1. The third-order valence-electron chi connectivity index (χ3n) is 5.64. The second-order valence-corrected chi connectivity index (χ2v) is 7.51. The van der Waals surface area contributed by atoms with Crippen molar-refractivity contribution in [2.24, 2.45) is 0 Å². The van der Waals surface area contributed by atoms with Gasteiger partial charge in [0.05, 0.1) is 12.1 Å². The van der Waals surface area contributed by atoms with Gasteiger partial charge in [0, 0.05) is 31.7 Å². The monoisotopic (exact) mass is 405 g/mol. The van der Waals surface area contributed by atoms with E-state index in [1.54, 1.807) is 0 Å². The van der Waals surface area contributed by atoms with Crippen molar-refractivity contribution in [1.82, 2.24) is 25.3 Å². The van der Waals surface area contributed by atoms with Crippen LogP contribution in [0.15, 0.2) is 28.8 Å². The maximum Gasteiger partial charge on any atom is 0.244 e. The molecule has 2 saturated heterocycles. The molecule has 8 heteroatoms. The van der Waals surface area contributed by atoms with Gasteiger partial charge in [0.15, 0.2) is 0 Å². The second-order valence-electron chi connectivity index (χ2n) is 7.51. The zero-order chi connectivity index (χ0) is 18.8. The highest BCUT2D eigenvalue weighted by Gasteiger charge is 2.31. The van der Waals surface area contributed by atoms with E-state index in [0.29, 0.717) is 11.7 Å². The molecule has 1 amide bonds. The van der Waals surface area contributed by atoms with Crippen LogP contribution in [0.4, 0.5) is 0 Å². The van der Waals surface area contributed by atoms with E-state index in [0.717, 1.165) is 51.1 Å². The van der Waals surface area contributed by atoms with Gasteiger partial charge in [-0.15, -0.1) is 12.4 Å². The number of hydrogen-bond acceptors (Lipinski definition) is 6. The molecule has 28 heavy (non-hydrogen) atoms. The molecule has 1 aromatic carbocycles. The number of aromatic nitrogens is 2. The van der Waals surface area contributed by atoms with Crippen molar-refractivity contribution in [2.45, 2.75) is 38.8 Å². The van der Waals surface area contributed by atoms with Crippen molar-refractivity contribution < 1.29 is 9.32 Å². The van der Waals surface area contributed by atoms with Gasteiger partial charge in [0.2, 0.25) is 17.6 Å². The third kappa shape index (κ3) is 4.37. The summed E-state index contributed by atoms with van der Waals surface area (Å²) in [7, 11) is 0. The summed E-state index contributed by atoms with van der Waals surface area (Å²) in [6.45, 7) is 8.24. The van der Waals surface area contributed by atoms with Crippen LogP contribution in [0.25, 0.3) is 11.4 Å². The summed E-state index contributed by atoms with van der Waals surface area (Å²) >= 11 is 0. The molecule has 2 fully saturated rings. The van der Waals surface area contributed by atoms with Gasteiger partial charge < -0.3 is 14.7 Å². The van der Waals surface area contributed by atoms with Crippen LogP contribution in [-0.2, 0) is 4.79 Å². The molecular weight excluding hydrogens is 378 g/mol. The van der Waals surface area contributed by atoms with Gasteiger partial charge in [0.1, 0.15) is 0 Å². The molecule has 1 aromatic heterocycles. The van der Waals surface area contributed by atoms with Gasteiger partial charge in [-0.2, -0.15) is 4.98 Å². The number of nitrogens with zero attached hydrogens (tertiary/aromatic N) is 4. The minimum atomic E-state index is 0. The minimum absolute atomic E-state index is 0. The van der Waals surface area contributed by atoms with E-state index in [2.05, 4.69) is 34.2 Å². The number of aryl methyl sites for hydroxylation is 1. The zero-order valence-electron chi connectivity index (χ0n) is 16.4. The van der Waals surface area contributed by atoms with Crippen LogP contribution >= 0.6 is 12.4 Å². The highest BCUT2D eigenvalue weighted by Crippen LogP contribution is 2.24. The molecular formula is C20H28ClN5O2. The quantitative estimate of drug-likeness (QED) is 0.842. The first-order valence-electron chi connectivity index (χ1n) is 9.78. The Kier molecular flexibility index (Phi) is 6.69. The minimum Gasteiger partial charge on any atom is -0.339 e. The van der Waals surface area contributed by atoms with E-state index >= 15 is 0 Å². The molecule has 0 spiro atoms. The molecule has 3 heterocycles. The number of halogens is 1. The molecule has 1 N–H and O–H groups in total. The van der Waals surface area contributed by atoms with Crippen molar-refractivity contribution in [1.29, 1.82) is 0 Å². The van der Waals surface area contributed by atoms with Gasteiger partial charge in [-0.1, -0.05) is 35.0 Å². The predicted octanol–water partition coefficient (Wildman–Crippen LogP) is 2.42. The van der Waals surface area contributed by atoms with Gasteiger partial charge in [0.25, 0.3) is 0 Å². The summed E-state index contributed by atoms with van der Waals surface area (Å²) < 4.78 is 5.53. The number of amides is 1. The number of carbonyl (C=O) groups excluding carboxylic acids is 1. The van der Waals surface area contributed by atoms with Crippen LogP contribution in [-0.4, -0.2) is 64.6 Å². The van der Waals surface area contributed by atoms with Crippen molar-refractivity contribution in [3.63, 3.8) is 0 Å². The van der Waals surface area contributed by atoms with E-state index in [9.17, 15) is 4.79 Å². The summed E-state index contributed by atoms with van der Waals surface area (Å²) in [4.78, 5) is 21.4. The van der Waals surface area contributed by atoms with Crippen molar-refractivity contribution in [3.05, 3.63) is 35.7 Å². The SMILES string of the molecule is Cc1ccc(-c2noc(C(C)N3CCN(C(=O)C4CCCN4)CC3)n2)cc1.Cl. The molecule has 2 aliphatic rings. The normalized spacial score (nSPS) is 21.4. The van der Waals surface area contributed by atoms with Crippen LogP contribution in [0.3, 0.4) is 0 Å². The first-order valence-corrected chi connectivity index (χ1v) is 9.78. The average molecular weight is 406 g/mol. The fourth-order valence-corrected chi connectivity index (χ4v) is 3.83. The average Bonchev–Trinajstić information content (AvgIpc) is 3.40. The molecule has 0 aliphatic carbocycles. The fraction of sp³-hybridized carbons (Fsp3) is 0.550. The van der Waals surface area contributed by atoms with Gasteiger partial charge in [-0.3, -0.25) is 9.69 Å². The number of carbonyl (C=O) groups is 1. The van der Waals surface area contributed by atoms with Crippen LogP contribution in [0.2, 0.25) is 0 Å². The molecule has 0 saturated carbocycles. The molecule has 0 bridgehead atoms. The van der Waals surface area contributed by atoms with Gasteiger partial charge in [-0.25, -0.2) is 0 Å². The molecule has 7 nitrogen and oxygen atoms in total. The summed E-state index contributed by atoms with van der Waals surface area (Å²) in [5.74, 6) is 1.50. The summed E-state index contributed by atoms with van der Waals surface area (Å²) in [5.41, 5.74) is 2.17. The number of hydrogen-bond donors (Lipinski definition) is 1. The standard InChI is InChI=1S/C20H27N5O2.ClH/c1-14-5-7-16(8-6-14)18-22-19(27-23-18)15(2)24-10-12-25(13-11-24)20(26)17-4-3-9-21-17;/h5-8,15,17,21H,3-4,9-13H2,1-2H3;1H. The Hall–Kier alpha value is -1.96. The lowest BCUT2D eigenvalue weighted by Gasteiger charge is -2.37. The highest BCUT2D eigenvalue weighted by molar-refractivity contribution is 5.85. The van der Waals surface area contributed by atoms with E-state index < -0.39 is 0 Å². The Morgan fingerprint density at radius 1 is 1.21 bits per heavy atom. The molecule has 152 valence electrons.